The maximum absolute atomic E-state index is 11.2. The lowest BCUT2D eigenvalue weighted by Crippen LogP contribution is -2.05. The van der Waals surface area contributed by atoms with E-state index in [0.717, 1.165) is 45.0 Å². The van der Waals surface area contributed by atoms with E-state index in [0.29, 0.717) is 0 Å². The van der Waals surface area contributed by atoms with Crippen molar-refractivity contribution in [2.24, 2.45) is 0 Å². The van der Waals surface area contributed by atoms with Crippen molar-refractivity contribution in [3.05, 3.63) is 85.7 Å². The first kappa shape index (κ1) is 17.9. The van der Waals surface area contributed by atoms with Crippen LogP contribution in [-0.4, -0.2) is 20.3 Å². The molecule has 30 heavy (non-hydrogen) atoms. The van der Waals surface area contributed by atoms with Gasteiger partial charge in [-0.3, -0.25) is 14.2 Å². The van der Waals surface area contributed by atoms with Gasteiger partial charge in [0.15, 0.2) is 0 Å². The number of benzene rings is 1. The second-order valence-corrected chi connectivity index (χ2v) is 6.99. The number of carbonyl (C=O) groups excluding carboxylic acids is 1. The standard InChI is InChI=1S/C24H18N4O2/c1-16(29)27-21-5-2-17(3-6-21)19-4-7-24-26-13-23(28(24)14-19)18-8-10-25-22(12-18)20-9-11-30-15-20/h2-15H,1H3,(H,27,29). The van der Waals surface area contributed by atoms with E-state index in [1.165, 1.54) is 6.92 Å². The number of anilines is 1. The first-order valence-electron chi connectivity index (χ1n) is 9.51. The summed E-state index contributed by atoms with van der Waals surface area (Å²) in [6.07, 6.45) is 9.06. The summed E-state index contributed by atoms with van der Waals surface area (Å²) < 4.78 is 7.26. The van der Waals surface area contributed by atoms with Crippen LogP contribution in [0.1, 0.15) is 6.92 Å². The minimum atomic E-state index is -0.0839. The molecule has 1 N–H and O–H groups in total. The van der Waals surface area contributed by atoms with Crippen LogP contribution in [0.2, 0.25) is 0 Å². The summed E-state index contributed by atoms with van der Waals surface area (Å²) in [4.78, 5) is 20.2. The monoisotopic (exact) mass is 394 g/mol. The highest BCUT2D eigenvalue weighted by Crippen LogP contribution is 2.28. The number of amides is 1. The van der Waals surface area contributed by atoms with Crippen LogP contribution in [0.3, 0.4) is 0 Å². The van der Waals surface area contributed by atoms with Gasteiger partial charge in [0.1, 0.15) is 5.65 Å². The number of hydrogen-bond acceptors (Lipinski definition) is 4. The van der Waals surface area contributed by atoms with Crippen LogP contribution in [0.25, 0.3) is 39.3 Å². The summed E-state index contributed by atoms with van der Waals surface area (Å²) in [7, 11) is 0. The fraction of sp³-hybridized carbons (Fsp3) is 0.0417. The Morgan fingerprint density at radius 1 is 0.933 bits per heavy atom. The lowest BCUT2D eigenvalue weighted by molar-refractivity contribution is -0.114. The molecule has 6 heteroatoms. The Morgan fingerprint density at radius 2 is 1.77 bits per heavy atom. The Hall–Kier alpha value is -4.19. The summed E-state index contributed by atoms with van der Waals surface area (Å²) in [6, 6.07) is 17.7. The van der Waals surface area contributed by atoms with E-state index in [4.69, 9.17) is 4.42 Å². The van der Waals surface area contributed by atoms with E-state index in [9.17, 15) is 4.79 Å². The zero-order valence-electron chi connectivity index (χ0n) is 16.2. The summed E-state index contributed by atoms with van der Waals surface area (Å²) >= 11 is 0. The number of imidazole rings is 1. The normalized spacial score (nSPS) is 11.0. The zero-order chi connectivity index (χ0) is 20.5. The molecule has 1 aromatic carbocycles. The molecular weight excluding hydrogens is 376 g/mol. The Kier molecular flexibility index (Phi) is 4.37. The molecule has 0 fully saturated rings. The van der Waals surface area contributed by atoms with Gasteiger partial charge in [-0.15, -0.1) is 0 Å². The van der Waals surface area contributed by atoms with Gasteiger partial charge in [-0.05, 0) is 53.6 Å². The van der Waals surface area contributed by atoms with Crippen molar-refractivity contribution in [1.29, 1.82) is 0 Å². The maximum Gasteiger partial charge on any atom is 0.221 e. The van der Waals surface area contributed by atoms with Crippen LogP contribution in [0, 0.1) is 0 Å². The number of furan rings is 1. The average molecular weight is 394 g/mol. The van der Waals surface area contributed by atoms with Gasteiger partial charge in [-0.25, -0.2) is 4.98 Å². The molecule has 1 amide bonds. The first-order valence-corrected chi connectivity index (χ1v) is 9.51. The fourth-order valence-electron chi connectivity index (χ4n) is 3.47. The van der Waals surface area contributed by atoms with Gasteiger partial charge < -0.3 is 9.73 Å². The van der Waals surface area contributed by atoms with Gasteiger partial charge in [-0.1, -0.05) is 12.1 Å². The van der Waals surface area contributed by atoms with Crippen molar-refractivity contribution < 1.29 is 9.21 Å². The third-order valence-electron chi connectivity index (χ3n) is 4.92. The van der Waals surface area contributed by atoms with E-state index in [1.807, 2.05) is 60.8 Å². The first-order chi connectivity index (χ1) is 14.7. The quantitative estimate of drug-likeness (QED) is 0.450. The summed E-state index contributed by atoms with van der Waals surface area (Å²) in [5.74, 6) is -0.0839. The molecule has 0 saturated heterocycles. The van der Waals surface area contributed by atoms with Crippen molar-refractivity contribution in [2.75, 3.05) is 5.32 Å². The molecule has 0 atom stereocenters. The van der Waals surface area contributed by atoms with Gasteiger partial charge >= 0.3 is 0 Å². The van der Waals surface area contributed by atoms with Crippen molar-refractivity contribution >= 4 is 17.2 Å². The summed E-state index contributed by atoms with van der Waals surface area (Å²) in [6.45, 7) is 1.50. The molecule has 146 valence electrons. The third kappa shape index (κ3) is 3.35. The molecule has 4 aromatic heterocycles. The van der Waals surface area contributed by atoms with Crippen LogP contribution >= 0.6 is 0 Å². The number of nitrogens with zero attached hydrogens (tertiary/aromatic N) is 3. The summed E-state index contributed by atoms with van der Waals surface area (Å²) in [5, 5.41) is 2.79. The van der Waals surface area contributed by atoms with Crippen molar-refractivity contribution in [3.63, 3.8) is 0 Å². The largest absolute Gasteiger partial charge is 0.472 e. The number of pyridine rings is 2. The number of rotatable bonds is 4. The molecule has 0 aliphatic heterocycles. The van der Waals surface area contributed by atoms with E-state index in [-0.39, 0.29) is 5.91 Å². The zero-order valence-corrected chi connectivity index (χ0v) is 16.2. The third-order valence-corrected chi connectivity index (χ3v) is 4.92. The number of carbonyl (C=O) groups is 1. The van der Waals surface area contributed by atoms with Crippen LogP contribution in [-0.2, 0) is 4.79 Å². The Morgan fingerprint density at radius 3 is 2.53 bits per heavy atom. The lowest BCUT2D eigenvalue weighted by Gasteiger charge is -2.08. The molecule has 0 aliphatic rings. The van der Waals surface area contributed by atoms with Crippen LogP contribution in [0.5, 0.6) is 0 Å². The molecule has 5 rings (SSSR count). The van der Waals surface area contributed by atoms with Crippen molar-refractivity contribution in [2.45, 2.75) is 6.92 Å². The van der Waals surface area contributed by atoms with Gasteiger partial charge in [-0.2, -0.15) is 0 Å². The molecular formula is C24H18N4O2. The highest BCUT2D eigenvalue weighted by Gasteiger charge is 2.10. The molecule has 6 nitrogen and oxygen atoms in total. The number of nitrogens with one attached hydrogen (secondary N) is 1. The van der Waals surface area contributed by atoms with Crippen molar-refractivity contribution in [3.8, 4) is 33.6 Å². The number of aromatic nitrogens is 3. The van der Waals surface area contributed by atoms with Crippen molar-refractivity contribution in [1.82, 2.24) is 14.4 Å². The second-order valence-electron chi connectivity index (χ2n) is 6.99. The number of fused-ring (bicyclic) bond motifs is 1. The molecule has 0 saturated carbocycles. The second kappa shape index (κ2) is 7.33. The number of hydrogen-bond donors (Lipinski definition) is 1. The topological polar surface area (TPSA) is 72.4 Å². The van der Waals surface area contributed by atoms with Crippen LogP contribution in [0.4, 0.5) is 5.69 Å². The molecule has 4 heterocycles. The predicted molar refractivity (Wildman–Crippen MR) is 116 cm³/mol. The summed E-state index contributed by atoms with van der Waals surface area (Å²) in [5.41, 5.74) is 7.54. The molecule has 0 radical (unpaired) electrons. The molecule has 5 aromatic rings. The Bertz CT molecular complexity index is 1340. The molecule has 0 spiro atoms. The fourth-order valence-corrected chi connectivity index (χ4v) is 3.47. The van der Waals surface area contributed by atoms with Gasteiger partial charge in [0.05, 0.1) is 30.1 Å². The Balaban J connectivity index is 1.54. The Labute approximate surface area is 172 Å². The maximum atomic E-state index is 11.2. The van der Waals surface area contributed by atoms with Gasteiger partial charge in [0, 0.05) is 36.1 Å². The lowest BCUT2D eigenvalue weighted by atomic mass is 10.1. The highest BCUT2D eigenvalue weighted by molar-refractivity contribution is 5.89. The van der Waals surface area contributed by atoms with E-state index < -0.39 is 0 Å². The van der Waals surface area contributed by atoms with Gasteiger partial charge in [0.2, 0.25) is 5.91 Å². The minimum Gasteiger partial charge on any atom is -0.472 e. The molecule has 0 bridgehead atoms. The smallest absolute Gasteiger partial charge is 0.221 e. The highest BCUT2D eigenvalue weighted by atomic mass is 16.3. The average Bonchev–Trinajstić information content (AvgIpc) is 3.44. The molecule has 0 aliphatic carbocycles. The van der Waals surface area contributed by atoms with E-state index in [2.05, 4.69) is 25.9 Å². The SMILES string of the molecule is CC(=O)Nc1ccc(-c2ccc3ncc(-c4ccnc(-c5ccoc5)c4)n3c2)cc1. The predicted octanol–water partition coefficient (Wildman–Crippen LogP) is 5.28. The minimum absolute atomic E-state index is 0.0839. The van der Waals surface area contributed by atoms with E-state index in [1.54, 1.807) is 18.7 Å². The van der Waals surface area contributed by atoms with Crippen LogP contribution in [0.15, 0.2) is 90.1 Å². The molecule has 0 unspecified atom stereocenters. The van der Waals surface area contributed by atoms with Gasteiger partial charge in [0.25, 0.3) is 0 Å². The van der Waals surface area contributed by atoms with E-state index >= 15 is 0 Å². The van der Waals surface area contributed by atoms with Crippen LogP contribution < -0.4 is 5.32 Å².